The molecule has 0 saturated heterocycles. The van der Waals surface area contributed by atoms with Crippen molar-refractivity contribution in [1.82, 2.24) is 4.57 Å². The fourth-order valence-electron chi connectivity index (χ4n) is 2.66. The lowest BCUT2D eigenvalue weighted by atomic mass is 10.2. The van der Waals surface area contributed by atoms with Crippen LogP contribution in [-0.2, 0) is 16.1 Å². The normalized spacial score (nSPS) is 11.6. The number of fused-ring (bicyclic) bond motifs is 1. The Labute approximate surface area is 164 Å². The minimum Gasteiger partial charge on any atom is -0.497 e. The molecule has 8 heteroatoms. The Kier molecular flexibility index (Phi) is 6.20. The molecule has 1 aromatic heterocycles. The number of hydrogen-bond donors (Lipinski definition) is 0. The largest absolute Gasteiger partial charge is 0.497 e. The molecule has 2 aromatic carbocycles. The van der Waals surface area contributed by atoms with Crippen LogP contribution < -0.4 is 9.54 Å². The summed E-state index contributed by atoms with van der Waals surface area (Å²) in [5.74, 6) is -0.542. The maximum absolute atomic E-state index is 13.1. The standard InChI is InChI=1S/C20H19FN2O4S/c1-3-27-18(24)10-11-23-16-9-8-15(26-2)12-17(16)28-20(23)22-19(25)13-4-6-14(21)7-5-13/h4-9,12H,3,10-11H2,1-2H3. The minimum atomic E-state index is -0.483. The second-order valence-electron chi connectivity index (χ2n) is 5.85. The molecule has 1 amide bonds. The summed E-state index contributed by atoms with van der Waals surface area (Å²) in [5.41, 5.74) is 1.12. The number of ether oxygens (including phenoxy) is 2. The zero-order chi connectivity index (χ0) is 20.1. The van der Waals surface area contributed by atoms with E-state index in [-0.39, 0.29) is 18.0 Å². The van der Waals surface area contributed by atoms with Crippen LogP contribution in [0.1, 0.15) is 23.7 Å². The van der Waals surface area contributed by atoms with Gasteiger partial charge in [0.1, 0.15) is 11.6 Å². The Bertz CT molecular complexity index is 1070. The van der Waals surface area contributed by atoms with Crippen LogP contribution in [0.15, 0.2) is 47.5 Å². The number of aromatic nitrogens is 1. The number of esters is 1. The number of carbonyl (C=O) groups excluding carboxylic acids is 2. The number of amides is 1. The van der Waals surface area contributed by atoms with E-state index in [1.165, 1.54) is 35.6 Å². The number of thiazole rings is 1. The van der Waals surface area contributed by atoms with Gasteiger partial charge in [0.2, 0.25) is 0 Å². The monoisotopic (exact) mass is 402 g/mol. The Hall–Kier alpha value is -3.00. The lowest BCUT2D eigenvalue weighted by molar-refractivity contribution is -0.143. The van der Waals surface area contributed by atoms with Gasteiger partial charge in [0.05, 0.1) is 30.4 Å². The molecule has 28 heavy (non-hydrogen) atoms. The molecule has 3 rings (SSSR count). The smallest absolute Gasteiger partial charge is 0.307 e. The third kappa shape index (κ3) is 4.45. The summed E-state index contributed by atoms with van der Waals surface area (Å²) in [7, 11) is 1.58. The van der Waals surface area contributed by atoms with Crippen molar-refractivity contribution in [1.29, 1.82) is 0 Å². The van der Waals surface area contributed by atoms with E-state index in [0.717, 1.165) is 10.2 Å². The van der Waals surface area contributed by atoms with Gasteiger partial charge < -0.3 is 14.0 Å². The first-order valence-corrected chi connectivity index (χ1v) is 9.51. The SMILES string of the molecule is CCOC(=O)CCn1c(=NC(=O)c2ccc(F)cc2)sc2cc(OC)ccc21. The number of methoxy groups -OCH3 is 1. The van der Waals surface area contributed by atoms with Crippen LogP contribution in [0.25, 0.3) is 10.2 Å². The molecule has 0 atom stereocenters. The fourth-order valence-corrected chi connectivity index (χ4v) is 3.75. The molecule has 0 aliphatic carbocycles. The first kappa shape index (κ1) is 19.8. The van der Waals surface area contributed by atoms with E-state index in [4.69, 9.17) is 9.47 Å². The van der Waals surface area contributed by atoms with E-state index in [2.05, 4.69) is 4.99 Å². The van der Waals surface area contributed by atoms with Crippen molar-refractivity contribution < 1.29 is 23.5 Å². The van der Waals surface area contributed by atoms with Crippen LogP contribution in [0.5, 0.6) is 5.75 Å². The van der Waals surface area contributed by atoms with Gasteiger partial charge in [-0.25, -0.2) is 4.39 Å². The fraction of sp³-hybridized carbons (Fsp3) is 0.250. The second-order valence-corrected chi connectivity index (χ2v) is 6.86. The molecule has 0 unspecified atom stereocenters. The molecule has 0 aliphatic rings. The van der Waals surface area contributed by atoms with E-state index in [1.54, 1.807) is 18.6 Å². The number of nitrogens with zero attached hydrogens (tertiary/aromatic N) is 2. The van der Waals surface area contributed by atoms with Crippen LogP contribution in [0.4, 0.5) is 4.39 Å². The first-order chi connectivity index (χ1) is 13.5. The second kappa shape index (κ2) is 8.79. The van der Waals surface area contributed by atoms with Crippen molar-refractivity contribution >= 4 is 33.4 Å². The predicted molar refractivity (Wildman–Crippen MR) is 104 cm³/mol. The molecule has 6 nitrogen and oxygen atoms in total. The highest BCUT2D eigenvalue weighted by Gasteiger charge is 2.12. The van der Waals surface area contributed by atoms with Crippen LogP contribution in [0.2, 0.25) is 0 Å². The van der Waals surface area contributed by atoms with Crippen LogP contribution in [0, 0.1) is 5.82 Å². The maximum atomic E-state index is 13.1. The highest BCUT2D eigenvalue weighted by atomic mass is 32.1. The number of hydrogen-bond acceptors (Lipinski definition) is 5. The summed E-state index contributed by atoms with van der Waals surface area (Å²) >= 11 is 1.31. The number of rotatable bonds is 6. The molecule has 0 aliphatic heterocycles. The maximum Gasteiger partial charge on any atom is 0.307 e. The Morgan fingerprint density at radius 3 is 2.61 bits per heavy atom. The van der Waals surface area contributed by atoms with Gasteiger partial charge in [-0.05, 0) is 49.4 Å². The molecule has 0 radical (unpaired) electrons. The van der Waals surface area contributed by atoms with Gasteiger partial charge in [0, 0.05) is 12.1 Å². The zero-order valence-corrected chi connectivity index (χ0v) is 16.3. The average Bonchev–Trinajstić information content (AvgIpc) is 3.03. The number of aryl methyl sites for hydroxylation is 1. The summed E-state index contributed by atoms with van der Waals surface area (Å²) in [6, 6.07) is 10.7. The lowest BCUT2D eigenvalue weighted by Crippen LogP contribution is -2.19. The Morgan fingerprint density at radius 1 is 1.18 bits per heavy atom. The summed E-state index contributed by atoms with van der Waals surface area (Å²) in [4.78, 5) is 28.9. The molecule has 0 fully saturated rings. The number of benzene rings is 2. The zero-order valence-electron chi connectivity index (χ0n) is 15.5. The molecule has 0 spiro atoms. The first-order valence-electron chi connectivity index (χ1n) is 8.69. The molecule has 0 N–H and O–H groups in total. The van der Waals surface area contributed by atoms with E-state index in [9.17, 15) is 14.0 Å². The average molecular weight is 402 g/mol. The Balaban J connectivity index is 2.03. The Morgan fingerprint density at radius 2 is 1.93 bits per heavy atom. The van der Waals surface area contributed by atoms with E-state index < -0.39 is 11.7 Å². The molecular weight excluding hydrogens is 383 g/mol. The van der Waals surface area contributed by atoms with Gasteiger partial charge in [-0.1, -0.05) is 11.3 Å². The molecule has 3 aromatic rings. The predicted octanol–water partition coefficient (Wildman–Crippen LogP) is 3.54. The van der Waals surface area contributed by atoms with Gasteiger partial charge in [0.25, 0.3) is 5.91 Å². The van der Waals surface area contributed by atoms with E-state index in [0.29, 0.717) is 23.7 Å². The third-order valence-electron chi connectivity index (χ3n) is 4.02. The van der Waals surface area contributed by atoms with Crippen molar-refractivity contribution in [2.24, 2.45) is 4.99 Å². The summed E-state index contributed by atoms with van der Waals surface area (Å²) < 4.78 is 26.0. The highest BCUT2D eigenvalue weighted by molar-refractivity contribution is 7.16. The van der Waals surface area contributed by atoms with Crippen molar-refractivity contribution in [2.75, 3.05) is 13.7 Å². The van der Waals surface area contributed by atoms with E-state index in [1.807, 2.05) is 18.2 Å². The number of carbonyl (C=O) groups is 2. The van der Waals surface area contributed by atoms with Crippen LogP contribution in [0.3, 0.4) is 0 Å². The van der Waals surface area contributed by atoms with Gasteiger partial charge in [-0.15, -0.1) is 0 Å². The van der Waals surface area contributed by atoms with Gasteiger partial charge in [-0.3, -0.25) is 9.59 Å². The topological polar surface area (TPSA) is 69.9 Å². The van der Waals surface area contributed by atoms with E-state index >= 15 is 0 Å². The quantitative estimate of drug-likeness (QED) is 0.592. The van der Waals surface area contributed by atoms with Crippen molar-refractivity contribution in [3.63, 3.8) is 0 Å². The molecular formula is C20H19FN2O4S. The number of halogens is 1. The van der Waals surface area contributed by atoms with Crippen molar-refractivity contribution in [3.05, 3.63) is 58.6 Å². The highest BCUT2D eigenvalue weighted by Crippen LogP contribution is 2.23. The summed E-state index contributed by atoms with van der Waals surface area (Å²) in [5, 5.41) is 0. The minimum absolute atomic E-state index is 0.156. The van der Waals surface area contributed by atoms with Crippen LogP contribution >= 0.6 is 11.3 Å². The third-order valence-corrected chi connectivity index (χ3v) is 5.06. The van der Waals surface area contributed by atoms with Crippen molar-refractivity contribution in [2.45, 2.75) is 19.9 Å². The summed E-state index contributed by atoms with van der Waals surface area (Å²) in [6.07, 6.45) is 0.156. The molecule has 0 bridgehead atoms. The summed E-state index contributed by atoms with van der Waals surface area (Å²) in [6.45, 7) is 2.38. The van der Waals surface area contributed by atoms with Gasteiger partial charge in [-0.2, -0.15) is 4.99 Å². The van der Waals surface area contributed by atoms with Gasteiger partial charge >= 0.3 is 5.97 Å². The van der Waals surface area contributed by atoms with Crippen molar-refractivity contribution in [3.8, 4) is 5.75 Å². The lowest BCUT2D eigenvalue weighted by Gasteiger charge is -2.06. The molecule has 0 saturated carbocycles. The van der Waals surface area contributed by atoms with Gasteiger partial charge in [0.15, 0.2) is 4.80 Å². The molecule has 1 heterocycles. The molecule has 146 valence electrons. The van der Waals surface area contributed by atoms with Crippen LogP contribution in [-0.4, -0.2) is 30.2 Å².